The van der Waals surface area contributed by atoms with E-state index < -0.39 is 24.6 Å². The van der Waals surface area contributed by atoms with Gasteiger partial charge in [-0.15, -0.1) is 0 Å². The van der Waals surface area contributed by atoms with Crippen LogP contribution in [0.5, 0.6) is 0 Å². The number of rotatable bonds is 10. The summed E-state index contributed by atoms with van der Waals surface area (Å²) in [5.41, 5.74) is 7.18. The van der Waals surface area contributed by atoms with Gasteiger partial charge in [-0.05, 0) is 51.0 Å². The quantitative estimate of drug-likeness (QED) is 0.244. The monoisotopic (exact) mass is 453 g/mol. The van der Waals surface area contributed by atoms with E-state index >= 15 is 0 Å². The van der Waals surface area contributed by atoms with Crippen LogP contribution in [0.15, 0.2) is 53.5 Å². The van der Waals surface area contributed by atoms with Crippen LogP contribution in [0.2, 0.25) is 0 Å². The smallest absolute Gasteiger partial charge is 0.336 e. The number of carboxylic acids is 1. The van der Waals surface area contributed by atoms with Crippen LogP contribution in [-0.2, 0) is 0 Å². The van der Waals surface area contributed by atoms with Crippen molar-refractivity contribution in [3.05, 3.63) is 65.5 Å². The van der Waals surface area contributed by atoms with Crippen LogP contribution in [0.4, 0.5) is 4.39 Å². The standard InChI is InChI=1S/C24H28FN5O3/c1-15(2)30-20-12-6-5-10-18(20)28-22(30)19(11-7-13-27-21(26)14-25)29-23(31)16-8-3-4-9-17(16)24(32)33/h3-6,8-10,12,15,19H,7,11,13-14H2,1-2H3,(H2,26,27)(H,29,31)(H,32,33). The third-order valence-corrected chi connectivity index (χ3v) is 5.26. The van der Waals surface area contributed by atoms with Crippen LogP contribution in [0.3, 0.4) is 0 Å². The van der Waals surface area contributed by atoms with E-state index in [4.69, 9.17) is 10.7 Å². The topological polar surface area (TPSA) is 123 Å². The molecule has 0 bridgehead atoms. The molecule has 0 saturated heterocycles. The molecule has 1 unspecified atom stereocenters. The normalized spacial score (nSPS) is 12.8. The number of amides is 1. The molecule has 0 radical (unpaired) electrons. The average Bonchev–Trinajstić information content (AvgIpc) is 3.20. The molecule has 3 aromatic rings. The molecule has 0 aliphatic carbocycles. The number of hydrogen-bond donors (Lipinski definition) is 3. The number of alkyl halides is 1. The number of halogens is 1. The summed E-state index contributed by atoms with van der Waals surface area (Å²) in [5, 5.41) is 12.4. The maximum atomic E-state index is 13.1. The first-order valence-electron chi connectivity index (χ1n) is 10.8. The van der Waals surface area contributed by atoms with Crippen LogP contribution >= 0.6 is 0 Å². The van der Waals surface area contributed by atoms with Crippen molar-refractivity contribution in [3.8, 4) is 0 Å². The third-order valence-electron chi connectivity index (χ3n) is 5.26. The lowest BCUT2D eigenvalue weighted by molar-refractivity contribution is 0.0690. The first kappa shape index (κ1) is 23.9. The number of amidine groups is 1. The third kappa shape index (κ3) is 5.54. The highest BCUT2D eigenvalue weighted by Crippen LogP contribution is 2.28. The van der Waals surface area contributed by atoms with E-state index in [0.717, 1.165) is 11.0 Å². The second-order valence-corrected chi connectivity index (χ2v) is 7.95. The zero-order valence-electron chi connectivity index (χ0n) is 18.7. The lowest BCUT2D eigenvalue weighted by atomic mass is 10.0. The molecule has 0 aliphatic rings. The highest BCUT2D eigenvalue weighted by molar-refractivity contribution is 6.04. The Labute approximate surface area is 191 Å². The number of hydrogen-bond acceptors (Lipinski definition) is 4. The summed E-state index contributed by atoms with van der Waals surface area (Å²) < 4.78 is 14.6. The second kappa shape index (κ2) is 10.7. The largest absolute Gasteiger partial charge is 0.478 e. The summed E-state index contributed by atoms with van der Waals surface area (Å²) in [6.45, 7) is 3.55. The first-order chi connectivity index (χ1) is 15.8. The predicted molar refractivity (Wildman–Crippen MR) is 125 cm³/mol. The molecule has 1 aromatic heterocycles. The van der Waals surface area contributed by atoms with E-state index in [-0.39, 0.29) is 23.0 Å². The Morgan fingerprint density at radius 3 is 2.48 bits per heavy atom. The molecule has 0 aliphatic heterocycles. The van der Waals surface area contributed by atoms with E-state index in [0.29, 0.717) is 25.2 Å². The number of benzene rings is 2. The maximum absolute atomic E-state index is 13.1. The SMILES string of the molecule is CC(C)n1c(C(CCCN=C(N)CF)NC(=O)c2ccccc2C(=O)O)nc2ccccc21. The average molecular weight is 454 g/mol. The van der Waals surface area contributed by atoms with Gasteiger partial charge >= 0.3 is 5.97 Å². The number of nitrogens with two attached hydrogens (primary N) is 1. The molecule has 1 amide bonds. The molecule has 2 aromatic carbocycles. The number of nitrogens with zero attached hydrogens (tertiary/aromatic N) is 3. The summed E-state index contributed by atoms with van der Waals surface area (Å²) in [5.74, 6) is -1.09. The minimum Gasteiger partial charge on any atom is -0.478 e. The van der Waals surface area contributed by atoms with Crippen LogP contribution < -0.4 is 11.1 Å². The maximum Gasteiger partial charge on any atom is 0.336 e. The molecular weight excluding hydrogens is 425 g/mol. The number of carbonyl (C=O) groups is 2. The van der Waals surface area contributed by atoms with Gasteiger partial charge in [-0.25, -0.2) is 14.2 Å². The summed E-state index contributed by atoms with van der Waals surface area (Å²) in [6.07, 6.45) is 0.980. The Balaban J connectivity index is 1.97. The first-order valence-corrected chi connectivity index (χ1v) is 10.8. The molecule has 8 nitrogen and oxygen atoms in total. The van der Waals surface area contributed by atoms with Crippen molar-refractivity contribution in [1.29, 1.82) is 0 Å². The lowest BCUT2D eigenvalue weighted by Crippen LogP contribution is -2.32. The Morgan fingerprint density at radius 2 is 1.82 bits per heavy atom. The van der Waals surface area contributed by atoms with Crippen molar-refractivity contribution in [3.63, 3.8) is 0 Å². The number of carboxylic acid groups (broad SMARTS) is 1. The van der Waals surface area contributed by atoms with E-state index in [9.17, 15) is 19.1 Å². The number of imidazole rings is 1. The Morgan fingerprint density at radius 1 is 1.15 bits per heavy atom. The number of nitrogens with one attached hydrogen (secondary N) is 1. The molecule has 0 spiro atoms. The lowest BCUT2D eigenvalue weighted by Gasteiger charge is -2.22. The van der Waals surface area contributed by atoms with Gasteiger partial charge in [0.25, 0.3) is 5.91 Å². The summed E-state index contributed by atoms with van der Waals surface area (Å²) in [6, 6.07) is 13.3. The van der Waals surface area contributed by atoms with Crippen LogP contribution in [0.1, 0.15) is 65.3 Å². The van der Waals surface area contributed by atoms with E-state index in [1.165, 1.54) is 12.1 Å². The van der Waals surface area contributed by atoms with Crippen molar-refractivity contribution >= 4 is 28.7 Å². The minimum atomic E-state index is -1.18. The van der Waals surface area contributed by atoms with E-state index in [1.807, 2.05) is 38.1 Å². The van der Waals surface area contributed by atoms with Gasteiger partial charge in [-0.2, -0.15) is 0 Å². The van der Waals surface area contributed by atoms with Gasteiger partial charge in [0.15, 0.2) is 0 Å². The molecule has 1 heterocycles. The molecule has 1 atom stereocenters. The fourth-order valence-electron chi connectivity index (χ4n) is 3.78. The van der Waals surface area contributed by atoms with Gasteiger partial charge in [0, 0.05) is 12.6 Å². The van der Waals surface area contributed by atoms with Crippen molar-refractivity contribution < 1.29 is 19.1 Å². The Hall–Kier alpha value is -3.75. The van der Waals surface area contributed by atoms with Crippen LogP contribution in [0.25, 0.3) is 11.0 Å². The molecule has 9 heteroatoms. The van der Waals surface area contributed by atoms with E-state index in [2.05, 4.69) is 14.9 Å². The predicted octanol–water partition coefficient (Wildman–Crippen LogP) is 3.89. The number of aliphatic imine (C=N–C) groups is 1. The van der Waals surface area contributed by atoms with Gasteiger partial charge in [0.2, 0.25) is 0 Å². The number of aromatic nitrogens is 2. The van der Waals surface area contributed by atoms with E-state index in [1.54, 1.807) is 12.1 Å². The molecule has 4 N–H and O–H groups in total. The van der Waals surface area contributed by atoms with Crippen LogP contribution in [-0.4, -0.2) is 45.6 Å². The molecule has 0 saturated carbocycles. The van der Waals surface area contributed by atoms with Crippen molar-refractivity contribution in [2.75, 3.05) is 13.2 Å². The Kier molecular flexibility index (Phi) is 7.76. The second-order valence-electron chi connectivity index (χ2n) is 7.95. The molecule has 3 rings (SSSR count). The van der Waals surface area contributed by atoms with Crippen LogP contribution in [0, 0.1) is 0 Å². The van der Waals surface area contributed by atoms with Crippen molar-refractivity contribution in [1.82, 2.24) is 14.9 Å². The number of para-hydroxylation sites is 2. The summed E-state index contributed by atoms with van der Waals surface area (Å²) in [4.78, 5) is 33.5. The van der Waals surface area contributed by atoms with Crippen molar-refractivity contribution in [2.45, 2.75) is 38.8 Å². The summed E-state index contributed by atoms with van der Waals surface area (Å²) in [7, 11) is 0. The number of carbonyl (C=O) groups excluding carboxylic acids is 1. The zero-order valence-corrected chi connectivity index (χ0v) is 18.7. The van der Waals surface area contributed by atoms with Gasteiger partial charge in [0.05, 0.1) is 28.2 Å². The number of aromatic carboxylic acids is 1. The molecule has 33 heavy (non-hydrogen) atoms. The zero-order chi connectivity index (χ0) is 24.0. The van der Waals surface area contributed by atoms with Gasteiger partial charge < -0.3 is 20.7 Å². The molecule has 0 fully saturated rings. The fraction of sp³-hybridized carbons (Fsp3) is 0.333. The van der Waals surface area contributed by atoms with Crippen molar-refractivity contribution in [2.24, 2.45) is 10.7 Å². The molecule has 174 valence electrons. The minimum absolute atomic E-state index is 0.0679. The molecular formula is C24H28FN5O3. The Bertz CT molecular complexity index is 1170. The van der Waals surface area contributed by atoms with Gasteiger partial charge in [-0.3, -0.25) is 9.79 Å². The highest BCUT2D eigenvalue weighted by Gasteiger charge is 2.25. The highest BCUT2D eigenvalue weighted by atomic mass is 19.1. The number of fused-ring (bicyclic) bond motifs is 1. The summed E-state index contributed by atoms with van der Waals surface area (Å²) >= 11 is 0. The fourth-order valence-corrected chi connectivity index (χ4v) is 3.78. The van der Waals surface area contributed by atoms with Gasteiger partial charge in [0.1, 0.15) is 18.3 Å². The van der Waals surface area contributed by atoms with Gasteiger partial charge in [-0.1, -0.05) is 24.3 Å².